The first kappa shape index (κ1) is 17.1. The van der Waals surface area contributed by atoms with E-state index in [0.717, 1.165) is 35.7 Å². The lowest BCUT2D eigenvalue weighted by Gasteiger charge is -2.29. The van der Waals surface area contributed by atoms with Gasteiger partial charge in [0.15, 0.2) is 0 Å². The van der Waals surface area contributed by atoms with Gasteiger partial charge in [0, 0.05) is 38.4 Å². The van der Waals surface area contributed by atoms with Gasteiger partial charge in [-0.3, -0.25) is 4.79 Å². The summed E-state index contributed by atoms with van der Waals surface area (Å²) in [6.45, 7) is 5.84. The van der Waals surface area contributed by atoms with E-state index in [1.165, 1.54) is 6.07 Å². The number of hydrogen-bond acceptors (Lipinski definition) is 5. The summed E-state index contributed by atoms with van der Waals surface area (Å²) in [5.74, 6) is 0.333. The Balaban J connectivity index is 1.51. The van der Waals surface area contributed by atoms with Crippen LogP contribution in [0.5, 0.6) is 0 Å². The molecule has 5 rings (SSSR count). The molecule has 0 bridgehead atoms. The number of aryl methyl sites for hydroxylation is 1. The van der Waals surface area contributed by atoms with E-state index >= 15 is 0 Å². The predicted molar refractivity (Wildman–Crippen MR) is 101 cm³/mol. The number of rotatable bonds is 2. The fourth-order valence-electron chi connectivity index (χ4n) is 4.85. The Kier molecular flexibility index (Phi) is 3.82. The largest absolute Gasteiger partial charge is 0.368 e. The Bertz CT molecular complexity index is 1070. The van der Waals surface area contributed by atoms with Gasteiger partial charge in [-0.1, -0.05) is 12.1 Å². The lowest BCUT2D eigenvalue weighted by atomic mass is 9.89. The number of hydrogen-bond donors (Lipinski definition) is 0. The van der Waals surface area contributed by atoms with Crippen LogP contribution in [0.2, 0.25) is 0 Å². The van der Waals surface area contributed by atoms with Crippen LogP contribution >= 0.6 is 0 Å². The van der Waals surface area contributed by atoms with Crippen molar-refractivity contribution < 1.29 is 9.18 Å². The lowest BCUT2D eigenvalue weighted by molar-refractivity contribution is -0.130. The Morgan fingerprint density at radius 3 is 2.86 bits per heavy atom. The maximum absolute atomic E-state index is 13.9. The smallest absolute Gasteiger partial charge is 0.219 e. The molecule has 2 aliphatic rings. The molecule has 7 nitrogen and oxygen atoms in total. The molecule has 0 aliphatic carbocycles. The van der Waals surface area contributed by atoms with Gasteiger partial charge in [-0.25, -0.2) is 4.39 Å². The number of aromatic nitrogens is 4. The molecule has 1 aromatic carbocycles. The molecule has 144 valence electrons. The van der Waals surface area contributed by atoms with Crippen LogP contribution in [-0.2, 0) is 4.79 Å². The van der Waals surface area contributed by atoms with Crippen molar-refractivity contribution in [3.05, 3.63) is 53.7 Å². The van der Waals surface area contributed by atoms with Crippen molar-refractivity contribution >= 4 is 17.2 Å². The number of halogens is 1. The topological polar surface area (TPSA) is 66.6 Å². The maximum Gasteiger partial charge on any atom is 0.219 e. The summed E-state index contributed by atoms with van der Waals surface area (Å²) < 4.78 is 15.6. The van der Waals surface area contributed by atoms with Crippen LogP contribution in [0, 0.1) is 24.6 Å². The molecular formula is C20H21FN6O. The third-order valence-corrected chi connectivity index (χ3v) is 5.97. The molecule has 8 heteroatoms. The summed E-state index contributed by atoms with van der Waals surface area (Å²) in [6, 6.07) is 8.55. The number of amides is 1. The molecule has 0 unspecified atom stereocenters. The van der Waals surface area contributed by atoms with E-state index in [1.807, 2.05) is 24.0 Å². The normalized spacial score (nSPS) is 24.2. The monoisotopic (exact) mass is 380 g/mol. The molecule has 0 radical (unpaired) electrons. The summed E-state index contributed by atoms with van der Waals surface area (Å²) in [4.78, 5) is 16.5. The minimum atomic E-state index is -0.269. The number of fused-ring (bicyclic) bond motifs is 2. The summed E-state index contributed by atoms with van der Waals surface area (Å²) in [7, 11) is 0. The number of nitrogens with zero attached hydrogens (tertiary/aromatic N) is 6. The average molecular weight is 380 g/mol. The third kappa shape index (κ3) is 2.63. The summed E-state index contributed by atoms with van der Waals surface area (Å²) in [5.41, 5.74) is 3.50. The van der Waals surface area contributed by atoms with Gasteiger partial charge in [-0.15, -0.1) is 10.2 Å². The summed E-state index contributed by atoms with van der Waals surface area (Å²) in [5, 5.41) is 12.6. The van der Waals surface area contributed by atoms with Gasteiger partial charge >= 0.3 is 0 Å². The molecule has 1 amide bonds. The van der Waals surface area contributed by atoms with Crippen molar-refractivity contribution in [2.45, 2.75) is 19.9 Å². The van der Waals surface area contributed by atoms with E-state index < -0.39 is 0 Å². The van der Waals surface area contributed by atoms with Crippen molar-refractivity contribution in [2.75, 3.05) is 24.5 Å². The van der Waals surface area contributed by atoms with E-state index in [9.17, 15) is 9.18 Å². The molecule has 28 heavy (non-hydrogen) atoms. The molecule has 3 aromatic rings. The van der Waals surface area contributed by atoms with Gasteiger partial charge in [-0.2, -0.15) is 9.61 Å². The lowest BCUT2D eigenvalue weighted by Crippen LogP contribution is -2.34. The van der Waals surface area contributed by atoms with E-state index in [0.29, 0.717) is 12.5 Å². The summed E-state index contributed by atoms with van der Waals surface area (Å²) in [6.07, 6.45) is 1.61. The number of anilines is 1. The molecule has 2 aliphatic heterocycles. The van der Waals surface area contributed by atoms with Crippen LogP contribution in [0.1, 0.15) is 24.2 Å². The van der Waals surface area contributed by atoms with Crippen LogP contribution in [0.25, 0.3) is 5.65 Å². The maximum atomic E-state index is 13.9. The first-order chi connectivity index (χ1) is 13.5. The zero-order valence-corrected chi connectivity index (χ0v) is 15.8. The van der Waals surface area contributed by atoms with Crippen LogP contribution in [0.3, 0.4) is 0 Å². The molecule has 0 saturated carbocycles. The van der Waals surface area contributed by atoms with E-state index in [1.54, 1.807) is 29.9 Å². The Morgan fingerprint density at radius 2 is 2.07 bits per heavy atom. The second-order valence-electron chi connectivity index (χ2n) is 7.77. The second-order valence-corrected chi connectivity index (χ2v) is 7.77. The second kappa shape index (κ2) is 6.25. The highest BCUT2D eigenvalue weighted by Gasteiger charge is 2.48. The minimum Gasteiger partial charge on any atom is -0.368 e. The van der Waals surface area contributed by atoms with E-state index in [-0.39, 0.29) is 23.7 Å². The quantitative estimate of drug-likeness (QED) is 0.682. The highest BCUT2D eigenvalue weighted by molar-refractivity contribution is 5.75. The Hall–Kier alpha value is -3.03. The number of carbonyl (C=O) groups excluding carboxylic acids is 1. The first-order valence-electron chi connectivity index (χ1n) is 9.46. The molecule has 2 saturated heterocycles. The van der Waals surface area contributed by atoms with Gasteiger partial charge < -0.3 is 9.80 Å². The van der Waals surface area contributed by atoms with Crippen molar-refractivity contribution in [2.24, 2.45) is 11.8 Å². The molecule has 3 atom stereocenters. The van der Waals surface area contributed by atoms with E-state index in [2.05, 4.69) is 20.2 Å². The van der Waals surface area contributed by atoms with Crippen molar-refractivity contribution in [1.82, 2.24) is 24.7 Å². The standard InChI is InChI=1S/C20H21FN6O/c1-12-6-18(20-23-22-11-27(20)24-12)25-8-15-9-26(13(2)28)19(17(15)10-25)14-4-3-5-16(21)7-14/h3-7,11,15,17,19H,8-10H2,1-2H3/t15-,17-,19-/m1/s1. The molecule has 2 fully saturated rings. The number of benzene rings is 1. The van der Waals surface area contributed by atoms with Gasteiger partial charge in [0.1, 0.15) is 12.1 Å². The first-order valence-corrected chi connectivity index (χ1v) is 9.46. The molecule has 0 spiro atoms. The predicted octanol–water partition coefficient (Wildman–Crippen LogP) is 2.23. The fourth-order valence-corrected chi connectivity index (χ4v) is 4.85. The highest BCUT2D eigenvalue weighted by Crippen LogP contribution is 2.46. The SMILES string of the molecule is CC(=O)N1C[C@H]2CN(c3cc(C)nn4cnnc34)C[C@H]2[C@H]1c1cccc(F)c1. The zero-order valence-electron chi connectivity index (χ0n) is 15.8. The minimum absolute atomic E-state index is 0.0369. The van der Waals surface area contributed by atoms with Crippen LogP contribution < -0.4 is 4.90 Å². The van der Waals surface area contributed by atoms with Crippen LogP contribution in [-0.4, -0.2) is 50.3 Å². The fraction of sp³-hybridized carbons (Fsp3) is 0.400. The Morgan fingerprint density at radius 1 is 1.21 bits per heavy atom. The molecule has 0 N–H and O–H groups in total. The molecular weight excluding hydrogens is 359 g/mol. The van der Waals surface area contributed by atoms with Crippen molar-refractivity contribution in [3.8, 4) is 0 Å². The van der Waals surface area contributed by atoms with Crippen LogP contribution in [0.4, 0.5) is 10.1 Å². The van der Waals surface area contributed by atoms with Crippen LogP contribution in [0.15, 0.2) is 36.7 Å². The van der Waals surface area contributed by atoms with E-state index in [4.69, 9.17) is 0 Å². The van der Waals surface area contributed by atoms with Gasteiger partial charge in [-0.05, 0) is 30.7 Å². The average Bonchev–Trinajstić information content (AvgIpc) is 3.34. The van der Waals surface area contributed by atoms with Gasteiger partial charge in [0.25, 0.3) is 0 Å². The van der Waals surface area contributed by atoms with Crippen molar-refractivity contribution in [1.29, 1.82) is 0 Å². The third-order valence-electron chi connectivity index (χ3n) is 5.97. The highest BCUT2D eigenvalue weighted by atomic mass is 19.1. The number of likely N-dealkylation sites (tertiary alicyclic amines) is 1. The van der Waals surface area contributed by atoms with Gasteiger partial charge in [0.05, 0.1) is 17.4 Å². The van der Waals surface area contributed by atoms with Gasteiger partial charge in [0.2, 0.25) is 11.6 Å². The molecule has 2 aromatic heterocycles. The Labute approximate surface area is 161 Å². The van der Waals surface area contributed by atoms with Crippen molar-refractivity contribution in [3.63, 3.8) is 0 Å². The molecule has 4 heterocycles. The zero-order chi connectivity index (χ0) is 19.4. The number of carbonyl (C=O) groups is 1. The summed E-state index contributed by atoms with van der Waals surface area (Å²) >= 11 is 0.